The molecule has 0 saturated carbocycles. The lowest BCUT2D eigenvalue weighted by molar-refractivity contribution is -0.161. The molecule has 0 aromatic heterocycles. The molecule has 1 heterocycles. The molecular formula is C11H22N2O4. The van der Waals surface area contributed by atoms with Crippen molar-refractivity contribution in [3.63, 3.8) is 0 Å². The lowest BCUT2D eigenvalue weighted by Gasteiger charge is -2.31. The third-order valence-corrected chi connectivity index (χ3v) is 2.22. The number of carbonyl (C=O) groups is 1. The third-order valence-electron chi connectivity index (χ3n) is 2.22. The van der Waals surface area contributed by atoms with Crippen molar-refractivity contribution in [3.05, 3.63) is 0 Å². The van der Waals surface area contributed by atoms with Gasteiger partial charge in [-0.25, -0.2) is 10.4 Å². The van der Waals surface area contributed by atoms with Gasteiger partial charge in [-0.15, -0.1) is 0 Å². The molecule has 0 radical (unpaired) electrons. The van der Waals surface area contributed by atoms with Gasteiger partial charge in [0.15, 0.2) is 0 Å². The molecule has 2 N–H and O–H groups in total. The van der Waals surface area contributed by atoms with Gasteiger partial charge in [-0.3, -0.25) is 4.79 Å². The molecule has 6 nitrogen and oxygen atoms in total. The minimum atomic E-state index is -0.715. The maximum absolute atomic E-state index is 11.8. The Morgan fingerprint density at radius 3 is 2.53 bits per heavy atom. The zero-order valence-corrected chi connectivity index (χ0v) is 10.7. The molecule has 17 heavy (non-hydrogen) atoms. The van der Waals surface area contributed by atoms with Crippen molar-refractivity contribution in [2.45, 2.75) is 32.4 Å². The van der Waals surface area contributed by atoms with E-state index < -0.39 is 17.6 Å². The number of rotatable bonds is 4. The first kappa shape index (κ1) is 14.4. The van der Waals surface area contributed by atoms with E-state index in [2.05, 4.69) is 5.43 Å². The third kappa shape index (κ3) is 5.45. The number of aliphatic hydroxyl groups excluding tert-OH is 1. The number of esters is 1. The number of aliphatic hydroxyl groups is 1. The average molecular weight is 246 g/mol. The smallest absolute Gasteiger partial charge is 0.327 e. The van der Waals surface area contributed by atoms with E-state index in [0.717, 1.165) is 0 Å². The Balaban J connectivity index is 2.43. The van der Waals surface area contributed by atoms with Gasteiger partial charge in [-0.1, -0.05) is 0 Å². The molecular weight excluding hydrogens is 224 g/mol. The molecule has 1 aliphatic rings. The molecule has 0 aromatic rings. The van der Waals surface area contributed by atoms with Crippen LogP contribution in [0.15, 0.2) is 0 Å². The molecule has 100 valence electrons. The van der Waals surface area contributed by atoms with Gasteiger partial charge in [0.25, 0.3) is 0 Å². The predicted molar refractivity (Wildman–Crippen MR) is 62.2 cm³/mol. The second kappa shape index (κ2) is 6.30. The fourth-order valence-electron chi connectivity index (χ4n) is 1.45. The van der Waals surface area contributed by atoms with E-state index in [1.54, 1.807) is 20.8 Å². The molecule has 6 heteroatoms. The molecule has 0 bridgehead atoms. The zero-order chi connectivity index (χ0) is 12.9. The van der Waals surface area contributed by atoms with Crippen LogP contribution in [0.25, 0.3) is 0 Å². The van der Waals surface area contributed by atoms with Gasteiger partial charge in [-0.05, 0) is 20.8 Å². The Kier molecular flexibility index (Phi) is 5.32. The molecule has 1 fully saturated rings. The first-order valence-electron chi connectivity index (χ1n) is 5.85. The molecule has 1 saturated heterocycles. The first-order valence-corrected chi connectivity index (χ1v) is 5.85. The quantitative estimate of drug-likeness (QED) is 0.653. The molecule has 0 aromatic carbocycles. The molecule has 1 atom stereocenters. The number of hydrogen-bond donors (Lipinski definition) is 2. The Morgan fingerprint density at radius 1 is 1.47 bits per heavy atom. The number of ether oxygens (including phenoxy) is 2. The van der Waals surface area contributed by atoms with Crippen LogP contribution < -0.4 is 5.43 Å². The SMILES string of the molecule is CC(C)(C)OC(=O)[C@H](CO)NN1CCOCC1. The van der Waals surface area contributed by atoms with Gasteiger partial charge >= 0.3 is 5.97 Å². The molecule has 0 aliphatic carbocycles. The van der Waals surface area contributed by atoms with E-state index in [1.165, 1.54) is 0 Å². The monoisotopic (exact) mass is 246 g/mol. The molecule has 1 rings (SSSR count). The van der Waals surface area contributed by atoms with Gasteiger partial charge < -0.3 is 14.6 Å². The summed E-state index contributed by atoms with van der Waals surface area (Å²) in [6.07, 6.45) is 0. The van der Waals surface area contributed by atoms with Gasteiger partial charge in [0.05, 0.1) is 19.8 Å². The van der Waals surface area contributed by atoms with Crippen LogP contribution in [-0.4, -0.2) is 60.6 Å². The van der Waals surface area contributed by atoms with Crippen molar-refractivity contribution in [2.75, 3.05) is 32.9 Å². The highest BCUT2D eigenvalue weighted by atomic mass is 16.6. The van der Waals surface area contributed by atoms with E-state index in [4.69, 9.17) is 9.47 Å². The molecule has 0 spiro atoms. The van der Waals surface area contributed by atoms with Crippen LogP contribution >= 0.6 is 0 Å². The fraction of sp³-hybridized carbons (Fsp3) is 0.909. The lowest BCUT2D eigenvalue weighted by Crippen LogP contribution is -2.55. The van der Waals surface area contributed by atoms with Crippen molar-refractivity contribution < 1.29 is 19.4 Å². The maximum Gasteiger partial charge on any atom is 0.327 e. The summed E-state index contributed by atoms with van der Waals surface area (Å²) in [7, 11) is 0. The number of hydrogen-bond acceptors (Lipinski definition) is 6. The van der Waals surface area contributed by atoms with Crippen LogP contribution in [0.5, 0.6) is 0 Å². The summed E-state index contributed by atoms with van der Waals surface area (Å²) in [6, 6.07) is -0.715. The first-order chi connectivity index (χ1) is 7.92. The highest BCUT2D eigenvalue weighted by molar-refractivity contribution is 5.76. The van der Waals surface area contributed by atoms with E-state index >= 15 is 0 Å². The predicted octanol–water partition coefficient (Wildman–Crippen LogP) is -0.474. The molecule has 0 unspecified atom stereocenters. The van der Waals surface area contributed by atoms with E-state index in [1.807, 2.05) is 5.01 Å². The van der Waals surface area contributed by atoms with E-state index in [-0.39, 0.29) is 6.61 Å². The van der Waals surface area contributed by atoms with Crippen LogP contribution in [0.1, 0.15) is 20.8 Å². The number of nitrogens with one attached hydrogen (secondary N) is 1. The Morgan fingerprint density at radius 2 is 2.06 bits per heavy atom. The average Bonchev–Trinajstić information content (AvgIpc) is 2.24. The summed E-state index contributed by atoms with van der Waals surface area (Å²) in [5.41, 5.74) is 2.41. The minimum Gasteiger partial charge on any atom is -0.459 e. The summed E-state index contributed by atoms with van der Waals surface area (Å²) < 4.78 is 10.4. The highest BCUT2D eigenvalue weighted by Crippen LogP contribution is 2.08. The second-order valence-corrected chi connectivity index (χ2v) is 5.00. The number of carbonyl (C=O) groups excluding carboxylic acids is 1. The Hall–Kier alpha value is -0.690. The van der Waals surface area contributed by atoms with Crippen LogP contribution in [0, 0.1) is 0 Å². The number of nitrogens with zero attached hydrogens (tertiary/aromatic N) is 1. The maximum atomic E-state index is 11.8. The second-order valence-electron chi connectivity index (χ2n) is 5.00. The fourth-order valence-corrected chi connectivity index (χ4v) is 1.45. The van der Waals surface area contributed by atoms with Crippen LogP contribution in [0.2, 0.25) is 0 Å². The van der Waals surface area contributed by atoms with Gasteiger partial charge in [0.1, 0.15) is 11.6 Å². The van der Waals surface area contributed by atoms with Crippen molar-refractivity contribution in [2.24, 2.45) is 0 Å². The number of morpholine rings is 1. The summed E-state index contributed by atoms with van der Waals surface area (Å²) in [5, 5.41) is 11.1. The standard InChI is InChI=1S/C11H22N2O4/c1-11(2,3)17-10(15)9(8-14)12-13-4-6-16-7-5-13/h9,12,14H,4-8H2,1-3H3/t9-/m0/s1. The van der Waals surface area contributed by atoms with Crippen molar-refractivity contribution in [1.82, 2.24) is 10.4 Å². The normalized spacial score (nSPS) is 20.0. The van der Waals surface area contributed by atoms with E-state index in [0.29, 0.717) is 26.3 Å². The van der Waals surface area contributed by atoms with Gasteiger partial charge in [0.2, 0.25) is 0 Å². The Labute approximate surface area is 102 Å². The minimum absolute atomic E-state index is 0.285. The summed E-state index contributed by atoms with van der Waals surface area (Å²) in [6.45, 7) is 7.75. The van der Waals surface area contributed by atoms with Gasteiger partial charge in [0, 0.05) is 13.1 Å². The highest BCUT2D eigenvalue weighted by Gasteiger charge is 2.26. The van der Waals surface area contributed by atoms with Crippen molar-refractivity contribution in [1.29, 1.82) is 0 Å². The molecule has 1 aliphatic heterocycles. The zero-order valence-electron chi connectivity index (χ0n) is 10.7. The summed E-state index contributed by atoms with van der Waals surface area (Å²) in [5.74, 6) is -0.438. The largest absolute Gasteiger partial charge is 0.459 e. The summed E-state index contributed by atoms with van der Waals surface area (Å²) >= 11 is 0. The van der Waals surface area contributed by atoms with E-state index in [9.17, 15) is 9.90 Å². The van der Waals surface area contributed by atoms with Crippen LogP contribution in [-0.2, 0) is 14.3 Å². The van der Waals surface area contributed by atoms with Crippen molar-refractivity contribution in [3.8, 4) is 0 Å². The van der Waals surface area contributed by atoms with Gasteiger partial charge in [-0.2, -0.15) is 0 Å². The van der Waals surface area contributed by atoms with Crippen LogP contribution in [0.4, 0.5) is 0 Å². The van der Waals surface area contributed by atoms with Crippen LogP contribution in [0.3, 0.4) is 0 Å². The number of hydrazine groups is 1. The molecule has 0 amide bonds. The van der Waals surface area contributed by atoms with Crippen molar-refractivity contribution >= 4 is 5.97 Å². The lowest BCUT2D eigenvalue weighted by atomic mass is 10.2. The summed E-state index contributed by atoms with van der Waals surface area (Å²) in [4.78, 5) is 11.8. The Bertz CT molecular complexity index is 246. The topological polar surface area (TPSA) is 71.0 Å².